The van der Waals surface area contributed by atoms with Crippen LogP contribution in [0.15, 0.2) is 170 Å². The molecule has 0 fully saturated rings. The molecule has 1 aliphatic rings. The topological polar surface area (TPSA) is 34.9 Å². The molecule has 10 rings (SSSR count). The van der Waals surface area contributed by atoms with Crippen LogP contribution >= 0.6 is 7.14 Å². The number of aromatic nitrogens is 2. The third-order valence-corrected chi connectivity index (χ3v) is 13.6. The Kier molecular flexibility index (Phi) is 6.74. The Bertz CT molecular complexity index is 2790. The van der Waals surface area contributed by atoms with Gasteiger partial charge in [-0.3, -0.25) is 4.57 Å². The summed E-state index contributed by atoms with van der Waals surface area (Å²) in [6, 6.07) is 59.8. The first-order valence-corrected chi connectivity index (χ1v) is 19.3. The lowest BCUT2D eigenvalue weighted by molar-refractivity contribution is 0.592. The van der Waals surface area contributed by atoms with Gasteiger partial charge in [-0.25, -0.2) is 4.98 Å². The molecule has 1 aliphatic heterocycles. The molecular formula is C47H33N2OP. The van der Waals surface area contributed by atoms with Gasteiger partial charge >= 0.3 is 0 Å². The molecule has 0 saturated heterocycles. The first-order chi connectivity index (χ1) is 25.1. The largest absolute Gasteiger partial charge is 0.308 e. The van der Waals surface area contributed by atoms with Crippen LogP contribution in [0.3, 0.4) is 0 Å². The molecule has 0 radical (unpaired) electrons. The predicted octanol–water partition coefficient (Wildman–Crippen LogP) is 10.8. The van der Waals surface area contributed by atoms with Crippen LogP contribution in [0, 0.1) is 0 Å². The minimum absolute atomic E-state index is 0.747. The summed E-state index contributed by atoms with van der Waals surface area (Å²) in [5.74, 6) is 0.964. The van der Waals surface area contributed by atoms with Gasteiger partial charge in [-0.2, -0.15) is 0 Å². The second-order valence-electron chi connectivity index (χ2n) is 13.4. The average Bonchev–Trinajstić information content (AvgIpc) is 3.60. The summed E-state index contributed by atoms with van der Waals surface area (Å²) in [5.41, 5.74) is 9.50. The number of aryl methyl sites for hydroxylation is 1. The quantitative estimate of drug-likeness (QED) is 0.171. The van der Waals surface area contributed by atoms with Crippen LogP contribution in [-0.4, -0.2) is 9.55 Å². The number of nitrogens with zero attached hydrogens (tertiary/aromatic N) is 2. The monoisotopic (exact) mass is 672 g/mol. The van der Waals surface area contributed by atoms with Crippen LogP contribution in [-0.2, 0) is 11.0 Å². The smallest absolute Gasteiger partial charge is 0.175 e. The highest BCUT2D eigenvalue weighted by atomic mass is 31.2. The number of imidazole rings is 1. The molecule has 3 nitrogen and oxygen atoms in total. The second kappa shape index (κ2) is 11.5. The predicted molar refractivity (Wildman–Crippen MR) is 215 cm³/mol. The van der Waals surface area contributed by atoms with Crippen LogP contribution in [0.2, 0.25) is 0 Å². The Morgan fingerprint density at radius 2 is 1.08 bits per heavy atom. The van der Waals surface area contributed by atoms with Crippen molar-refractivity contribution in [2.45, 2.75) is 13.3 Å². The summed E-state index contributed by atoms with van der Waals surface area (Å²) in [5, 5.41) is 7.42. The molecule has 2 heterocycles. The second-order valence-corrected chi connectivity index (χ2v) is 16.1. The van der Waals surface area contributed by atoms with Crippen molar-refractivity contribution in [2.24, 2.45) is 0 Å². The third-order valence-electron chi connectivity index (χ3n) is 10.5. The molecule has 0 aliphatic carbocycles. The number of para-hydroxylation sites is 1. The molecule has 0 saturated carbocycles. The number of fused-ring (bicyclic) bond motifs is 4. The number of hydrogen-bond acceptors (Lipinski definition) is 2. The fourth-order valence-electron chi connectivity index (χ4n) is 8.01. The van der Waals surface area contributed by atoms with Crippen LogP contribution in [0.5, 0.6) is 0 Å². The minimum atomic E-state index is -3.20. The van der Waals surface area contributed by atoms with E-state index >= 15 is 4.57 Å². The number of hydrogen-bond donors (Lipinski definition) is 0. The van der Waals surface area contributed by atoms with E-state index in [0.29, 0.717) is 0 Å². The molecule has 4 heteroatoms. The van der Waals surface area contributed by atoms with Gasteiger partial charge in [-0.05, 0) is 97.9 Å². The Labute approximate surface area is 296 Å². The zero-order valence-electron chi connectivity index (χ0n) is 28.1. The van der Waals surface area contributed by atoms with E-state index in [1.807, 2.05) is 48.5 Å². The molecule has 0 spiro atoms. The highest BCUT2D eigenvalue weighted by Crippen LogP contribution is 2.50. The van der Waals surface area contributed by atoms with Gasteiger partial charge in [0.15, 0.2) is 7.14 Å². The summed E-state index contributed by atoms with van der Waals surface area (Å²) in [4.78, 5) is 5.37. The van der Waals surface area contributed by atoms with E-state index in [4.69, 9.17) is 4.98 Å². The van der Waals surface area contributed by atoms with Crippen LogP contribution in [0.25, 0.3) is 71.6 Å². The van der Waals surface area contributed by atoms with Gasteiger partial charge in [0.1, 0.15) is 5.82 Å². The van der Waals surface area contributed by atoms with Crippen molar-refractivity contribution in [3.05, 3.63) is 176 Å². The molecule has 9 aromatic rings. The van der Waals surface area contributed by atoms with E-state index in [1.165, 1.54) is 21.5 Å². The third kappa shape index (κ3) is 4.59. The molecule has 1 atom stereocenters. The van der Waals surface area contributed by atoms with Crippen molar-refractivity contribution in [1.29, 1.82) is 0 Å². The molecule has 51 heavy (non-hydrogen) atoms. The number of benzene rings is 8. The van der Waals surface area contributed by atoms with E-state index in [2.05, 4.69) is 133 Å². The molecule has 8 aromatic carbocycles. The van der Waals surface area contributed by atoms with Gasteiger partial charge in [0, 0.05) is 27.9 Å². The Hall–Kier alpha value is -6.02. The van der Waals surface area contributed by atoms with Gasteiger partial charge in [0.05, 0.1) is 16.7 Å². The number of rotatable bonds is 5. The van der Waals surface area contributed by atoms with Gasteiger partial charge in [-0.1, -0.05) is 128 Å². The molecule has 0 bridgehead atoms. The summed E-state index contributed by atoms with van der Waals surface area (Å²) < 4.78 is 17.9. The molecule has 242 valence electrons. The van der Waals surface area contributed by atoms with Crippen molar-refractivity contribution in [3.8, 4) is 39.1 Å². The maximum absolute atomic E-state index is 15.7. The maximum Gasteiger partial charge on any atom is 0.175 e. The summed E-state index contributed by atoms with van der Waals surface area (Å²) >= 11 is 0. The first kappa shape index (κ1) is 29.9. The normalized spacial score (nSPS) is 15.0. The van der Waals surface area contributed by atoms with Crippen molar-refractivity contribution < 1.29 is 4.57 Å². The zero-order valence-corrected chi connectivity index (χ0v) is 29.0. The van der Waals surface area contributed by atoms with Crippen LogP contribution in [0.1, 0.15) is 12.7 Å². The minimum Gasteiger partial charge on any atom is -0.308 e. The van der Waals surface area contributed by atoms with Crippen LogP contribution in [0.4, 0.5) is 0 Å². The highest BCUT2D eigenvalue weighted by Gasteiger charge is 2.40. The lowest BCUT2D eigenvalue weighted by atomic mass is 9.91. The van der Waals surface area contributed by atoms with Crippen molar-refractivity contribution in [2.75, 3.05) is 0 Å². The molecule has 1 unspecified atom stereocenters. The Morgan fingerprint density at radius 3 is 1.73 bits per heavy atom. The SMILES string of the molecule is CCc1nc2c(-c3cc(-c4ccc5ccccc5c4)cc(-c4ccc5ccccc5c4)c3)ccc3c2n1-c1ccccc1P3(=O)c1ccccc1. The fraction of sp³-hybridized carbons (Fsp3) is 0.0426. The van der Waals surface area contributed by atoms with Crippen LogP contribution < -0.4 is 15.9 Å². The maximum atomic E-state index is 15.7. The van der Waals surface area contributed by atoms with Crippen molar-refractivity contribution in [1.82, 2.24) is 9.55 Å². The van der Waals surface area contributed by atoms with Gasteiger partial charge in [0.25, 0.3) is 0 Å². The van der Waals surface area contributed by atoms with Gasteiger partial charge in [0.2, 0.25) is 0 Å². The van der Waals surface area contributed by atoms with Crippen molar-refractivity contribution >= 4 is 55.6 Å². The van der Waals surface area contributed by atoms with E-state index in [1.54, 1.807) is 0 Å². The molecule has 1 aromatic heterocycles. The first-order valence-electron chi connectivity index (χ1n) is 17.5. The highest BCUT2D eigenvalue weighted by molar-refractivity contribution is 7.86. The van der Waals surface area contributed by atoms with E-state index < -0.39 is 7.14 Å². The lowest BCUT2D eigenvalue weighted by Gasteiger charge is -2.29. The standard InChI is InChI=1S/C47H33N2OP/c1-2-45-48-46-41(24-25-44-47(46)49(45)42-18-10-11-19-43(42)51(44,50)40-16-4-3-5-17-40)39-29-37(35-22-20-31-12-6-8-14-33(31)26-35)28-38(30-39)36-23-21-32-13-7-9-15-34(32)27-36/h3-30H,2H2,1H3. The van der Waals surface area contributed by atoms with E-state index in [9.17, 15) is 0 Å². The molecular weight excluding hydrogens is 640 g/mol. The Balaban J connectivity index is 1.26. The average molecular weight is 673 g/mol. The molecule has 0 amide bonds. The van der Waals surface area contributed by atoms with Gasteiger partial charge < -0.3 is 4.57 Å². The summed E-state index contributed by atoms with van der Waals surface area (Å²) in [6.07, 6.45) is 0.747. The fourth-order valence-corrected chi connectivity index (χ4v) is 11.0. The Morgan fingerprint density at radius 1 is 0.510 bits per heavy atom. The van der Waals surface area contributed by atoms with E-state index in [-0.39, 0.29) is 0 Å². The van der Waals surface area contributed by atoms with E-state index in [0.717, 1.165) is 78.3 Å². The van der Waals surface area contributed by atoms with Gasteiger partial charge in [-0.15, -0.1) is 0 Å². The van der Waals surface area contributed by atoms with Crippen molar-refractivity contribution in [3.63, 3.8) is 0 Å². The summed E-state index contributed by atoms with van der Waals surface area (Å²) in [6.45, 7) is 2.15. The lowest BCUT2D eigenvalue weighted by Crippen LogP contribution is -2.33. The zero-order chi connectivity index (χ0) is 34.1. The summed E-state index contributed by atoms with van der Waals surface area (Å²) in [7, 11) is -3.20. The molecule has 0 N–H and O–H groups in total.